The number of para-hydroxylation sites is 1. The van der Waals surface area contributed by atoms with E-state index < -0.39 is 11.1 Å². The molecule has 2 heterocycles. The Morgan fingerprint density at radius 3 is 2.57 bits per heavy atom. The first kappa shape index (κ1) is 17.8. The summed E-state index contributed by atoms with van der Waals surface area (Å²) in [5.74, 6) is 0. The van der Waals surface area contributed by atoms with Gasteiger partial charge in [0.25, 0.3) is 0 Å². The molecule has 6 heteroatoms. The molecule has 1 aliphatic heterocycles. The summed E-state index contributed by atoms with van der Waals surface area (Å²) in [5, 5.41) is 0. The van der Waals surface area contributed by atoms with E-state index in [1.807, 2.05) is 12.1 Å². The lowest BCUT2D eigenvalue weighted by Crippen LogP contribution is -2.48. The smallest absolute Gasteiger partial charge is 0.316 e. The lowest BCUT2D eigenvalue weighted by Gasteiger charge is -2.35. The fourth-order valence-corrected chi connectivity index (χ4v) is 3.57. The Hall–Kier alpha value is -1.59. The maximum absolute atomic E-state index is 12.3. The lowest BCUT2D eigenvalue weighted by molar-refractivity contribution is 0.172. The van der Waals surface area contributed by atoms with E-state index in [-0.39, 0.29) is 18.4 Å². The van der Waals surface area contributed by atoms with Gasteiger partial charge >= 0.3 is 11.1 Å². The molecule has 0 aliphatic carbocycles. The molecule has 0 amide bonds. The van der Waals surface area contributed by atoms with Gasteiger partial charge in [0, 0.05) is 12.6 Å². The Morgan fingerprint density at radius 2 is 1.91 bits per heavy atom. The van der Waals surface area contributed by atoms with Gasteiger partial charge in [-0.1, -0.05) is 26.0 Å². The molecule has 126 valence electrons. The average molecular weight is 338 g/mol. The van der Waals surface area contributed by atoms with Gasteiger partial charge in [0.2, 0.25) is 0 Å². The minimum atomic E-state index is -0.525. The Balaban J connectivity index is 0.00000192. The molecule has 1 aromatic heterocycles. The van der Waals surface area contributed by atoms with Crippen molar-refractivity contribution in [3.63, 3.8) is 0 Å². The number of nitrogens with zero attached hydrogens (tertiary/aromatic N) is 2. The molecule has 0 saturated carbocycles. The van der Waals surface area contributed by atoms with Crippen LogP contribution < -0.4 is 11.1 Å². The number of aromatic nitrogens is 2. The highest BCUT2D eigenvalue weighted by atomic mass is 35.5. The van der Waals surface area contributed by atoms with E-state index in [1.54, 1.807) is 4.57 Å². The molecule has 1 aliphatic rings. The second-order valence-corrected chi connectivity index (χ2v) is 6.08. The van der Waals surface area contributed by atoms with Crippen LogP contribution >= 0.6 is 12.4 Å². The number of hydrogen-bond acceptors (Lipinski definition) is 3. The van der Waals surface area contributed by atoms with Gasteiger partial charge in [-0.15, -0.1) is 12.4 Å². The minimum absolute atomic E-state index is 0. The van der Waals surface area contributed by atoms with Crippen LogP contribution in [0.4, 0.5) is 0 Å². The van der Waals surface area contributed by atoms with E-state index in [0.29, 0.717) is 6.54 Å². The maximum atomic E-state index is 12.3. The number of hydrogen-bond donors (Lipinski definition) is 1. The van der Waals surface area contributed by atoms with Gasteiger partial charge in [-0.25, -0.2) is 0 Å². The van der Waals surface area contributed by atoms with Crippen LogP contribution in [-0.4, -0.2) is 33.6 Å². The second-order valence-electron chi connectivity index (χ2n) is 6.08. The standard InChI is InChI=1S/C17H23N3O2.ClH/c1-3-8-19(9-4-2)13-10-12-6-5-7-14-15(12)20(11-13)17(22)16(21)18-14;/h5-7,13H,3-4,8-11H2,1-2H3,(H,18,21);1H. The highest BCUT2D eigenvalue weighted by Crippen LogP contribution is 2.24. The van der Waals surface area contributed by atoms with Crippen LogP contribution in [-0.2, 0) is 13.0 Å². The molecule has 3 rings (SSSR count). The minimum Gasteiger partial charge on any atom is -0.316 e. The largest absolute Gasteiger partial charge is 0.316 e. The highest BCUT2D eigenvalue weighted by molar-refractivity contribution is 5.85. The maximum Gasteiger partial charge on any atom is 0.316 e. The predicted octanol–water partition coefficient (Wildman–Crippen LogP) is 2.16. The molecule has 0 fully saturated rings. The Labute approximate surface area is 141 Å². The average Bonchev–Trinajstić information content (AvgIpc) is 2.52. The predicted molar refractivity (Wildman–Crippen MR) is 95.7 cm³/mol. The summed E-state index contributed by atoms with van der Waals surface area (Å²) < 4.78 is 1.68. The molecule has 1 aromatic carbocycles. The molecule has 0 radical (unpaired) electrons. The van der Waals surface area contributed by atoms with Gasteiger partial charge in [-0.05, 0) is 44.0 Å². The molecular weight excluding hydrogens is 314 g/mol. The van der Waals surface area contributed by atoms with E-state index in [4.69, 9.17) is 0 Å². The van der Waals surface area contributed by atoms with E-state index in [0.717, 1.165) is 48.9 Å². The zero-order chi connectivity index (χ0) is 15.7. The van der Waals surface area contributed by atoms with Crippen molar-refractivity contribution in [2.24, 2.45) is 0 Å². The van der Waals surface area contributed by atoms with Gasteiger partial charge in [0.1, 0.15) is 0 Å². The van der Waals surface area contributed by atoms with Gasteiger partial charge in [0.05, 0.1) is 11.0 Å². The normalized spacial score (nSPS) is 16.6. The second kappa shape index (κ2) is 7.32. The van der Waals surface area contributed by atoms with Crippen LogP contribution in [0.1, 0.15) is 32.3 Å². The SMILES string of the molecule is CCCN(CCC)C1Cc2cccc3[nH]c(=O)c(=O)n(c23)C1.Cl. The molecular formula is C17H24ClN3O2. The molecule has 0 saturated heterocycles. The van der Waals surface area contributed by atoms with E-state index in [2.05, 4.69) is 29.8 Å². The van der Waals surface area contributed by atoms with E-state index in [9.17, 15) is 9.59 Å². The van der Waals surface area contributed by atoms with Crippen LogP contribution in [0.3, 0.4) is 0 Å². The Morgan fingerprint density at radius 1 is 1.22 bits per heavy atom. The summed E-state index contributed by atoms with van der Waals surface area (Å²) in [4.78, 5) is 29.3. The molecule has 0 bridgehead atoms. The van der Waals surface area contributed by atoms with Gasteiger partial charge < -0.3 is 9.55 Å². The van der Waals surface area contributed by atoms with Crippen LogP contribution in [0.5, 0.6) is 0 Å². The van der Waals surface area contributed by atoms with Gasteiger partial charge in [-0.3, -0.25) is 14.5 Å². The van der Waals surface area contributed by atoms with Crippen LogP contribution in [0.15, 0.2) is 27.8 Å². The quantitative estimate of drug-likeness (QED) is 0.851. The first-order valence-electron chi connectivity index (χ1n) is 8.14. The van der Waals surface area contributed by atoms with E-state index >= 15 is 0 Å². The summed E-state index contributed by atoms with van der Waals surface area (Å²) in [6, 6.07) is 6.18. The van der Waals surface area contributed by atoms with Crippen molar-refractivity contribution in [1.29, 1.82) is 0 Å². The monoisotopic (exact) mass is 337 g/mol. The van der Waals surface area contributed by atoms with Crippen molar-refractivity contribution < 1.29 is 0 Å². The summed E-state index contributed by atoms with van der Waals surface area (Å²) in [5.41, 5.74) is 1.86. The summed E-state index contributed by atoms with van der Waals surface area (Å²) in [6.07, 6.45) is 3.12. The molecule has 1 N–H and O–H groups in total. The molecule has 1 unspecified atom stereocenters. The summed E-state index contributed by atoms with van der Waals surface area (Å²) >= 11 is 0. The number of benzene rings is 1. The number of nitrogens with one attached hydrogen (secondary N) is 1. The molecule has 2 aromatic rings. The zero-order valence-corrected chi connectivity index (χ0v) is 14.5. The highest BCUT2D eigenvalue weighted by Gasteiger charge is 2.26. The summed E-state index contributed by atoms with van der Waals surface area (Å²) in [6.45, 7) is 7.02. The first-order valence-corrected chi connectivity index (χ1v) is 8.14. The van der Waals surface area contributed by atoms with Crippen LogP contribution in [0.25, 0.3) is 11.0 Å². The van der Waals surface area contributed by atoms with Crippen molar-refractivity contribution in [3.05, 3.63) is 44.5 Å². The summed E-state index contributed by atoms with van der Waals surface area (Å²) in [7, 11) is 0. The third kappa shape index (κ3) is 3.21. The topological polar surface area (TPSA) is 58.1 Å². The fourth-order valence-electron chi connectivity index (χ4n) is 3.57. The Kier molecular flexibility index (Phi) is 5.65. The molecule has 23 heavy (non-hydrogen) atoms. The zero-order valence-electron chi connectivity index (χ0n) is 13.7. The van der Waals surface area contributed by atoms with Crippen LogP contribution in [0.2, 0.25) is 0 Å². The third-order valence-corrected chi connectivity index (χ3v) is 4.46. The van der Waals surface area contributed by atoms with Gasteiger partial charge in [0.15, 0.2) is 0 Å². The van der Waals surface area contributed by atoms with Crippen molar-refractivity contribution in [1.82, 2.24) is 14.5 Å². The lowest BCUT2D eigenvalue weighted by atomic mass is 9.98. The first-order chi connectivity index (χ1) is 10.7. The molecule has 1 atom stereocenters. The third-order valence-electron chi connectivity index (χ3n) is 4.46. The fraction of sp³-hybridized carbons (Fsp3) is 0.529. The van der Waals surface area contributed by atoms with Crippen molar-refractivity contribution in [2.75, 3.05) is 13.1 Å². The van der Waals surface area contributed by atoms with Crippen LogP contribution in [0, 0.1) is 0 Å². The number of aromatic amines is 1. The molecule has 5 nitrogen and oxygen atoms in total. The Bertz CT molecular complexity index is 791. The number of rotatable bonds is 5. The van der Waals surface area contributed by atoms with E-state index in [1.165, 1.54) is 0 Å². The van der Waals surface area contributed by atoms with Gasteiger partial charge in [-0.2, -0.15) is 0 Å². The van der Waals surface area contributed by atoms with Crippen molar-refractivity contribution in [2.45, 2.75) is 45.7 Å². The molecule has 0 spiro atoms. The number of halogens is 1. The van der Waals surface area contributed by atoms with Crippen molar-refractivity contribution >= 4 is 23.4 Å². The number of H-pyrrole nitrogens is 1. The van der Waals surface area contributed by atoms with Crippen molar-refractivity contribution in [3.8, 4) is 0 Å².